The van der Waals surface area contributed by atoms with Crippen molar-refractivity contribution in [1.82, 2.24) is 9.88 Å². The van der Waals surface area contributed by atoms with Crippen LogP contribution >= 0.6 is 0 Å². The molecule has 0 saturated carbocycles. The van der Waals surface area contributed by atoms with Gasteiger partial charge in [-0.05, 0) is 42.8 Å². The number of aryl methyl sites for hydroxylation is 1. The summed E-state index contributed by atoms with van der Waals surface area (Å²) in [4.78, 5) is 30.2. The summed E-state index contributed by atoms with van der Waals surface area (Å²) in [7, 11) is 0. The predicted molar refractivity (Wildman–Crippen MR) is 97.6 cm³/mol. The van der Waals surface area contributed by atoms with Gasteiger partial charge in [-0.15, -0.1) is 0 Å². The number of carbonyl (C=O) groups excluding carboxylic acids is 2. The first-order valence-corrected chi connectivity index (χ1v) is 8.85. The Morgan fingerprint density at radius 2 is 2.04 bits per heavy atom. The molecule has 0 aliphatic carbocycles. The Balaban J connectivity index is 1.74. The van der Waals surface area contributed by atoms with Gasteiger partial charge in [0.1, 0.15) is 23.4 Å². The van der Waals surface area contributed by atoms with Crippen LogP contribution in [0.4, 0.5) is 4.39 Å². The molecular weight excluding hydrogens is 349 g/mol. The lowest BCUT2D eigenvalue weighted by atomic mass is 9.90. The van der Waals surface area contributed by atoms with Gasteiger partial charge in [0.25, 0.3) is 5.91 Å². The SMILES string of the molecule is Cc1cccnc1C(=O)N1CC[C@H](Oc2ccc(F)cc2)[C@@H](CC(N)=O)C1. The van der Waals surface area contributed by atoms with Crippen molar-refractivity contribution in [3.63, 3.8) is 0 Å². The molecule has 2 aromatic rings. The van der Waals surface area contributed by atoms with Gasteiger partial charge in [0, 0.05) is 38.0 Å². The number of halogens is 1. The fraction of sp³-hybridized carbons (Fsp3) is 0.350. The number of piperidine rings is 1. The monoisotopic (exact) mass is 371 g/mol. The zero-order valence-electron chi connectivity index (χ0n) is 15.1. The number of benzene rings is 1. The van der Waals surface area contributed by atoms with E-state index < -0.39 is 5.91 Å². The molecule has 0 spiro atoms. The molecule has 2 atom stereocenters. The standard InChI is InChI=1S/C20H22FN3O3/c1-13-3-2-9-23-19(13)20(26)24-10-8-17(14(12-24)11-18(22)25)27-16-6-4-15(21)5-7-16/h2-7,9,14,17H,8,10-12H2,1H3,(H2,22,25)/t14-,17-/m0/s1. The number of primary amides is 1. The van der Waals surface area contributed by atoms with Crippen LogP contribution in [-0.4, -0.2) is 40.9 Å². The van der Waals surface area contributed by atoms with Crippen LogP contribution in [0.2, 0.25) is 0 Å². The second kappa shape index (κ2) is 8.16. The highest BCUT2D eigenvalue weighted by Gasteiger charge is 2.34. The Kier molecular flexibility index (Phi) is 5.69. The Morgan fingerprint density at radius 3 is 2.70 bits per heavy atom. The summed E-state index contributed by atoms with van der Waals surface area (Å²) in [5, 5.41) is 0. The van der Waals surface area contributed by atoms with Crippen LogP contribution in [0.5, 0.6) is 5.75 Å². The van der Waals surface area contributed by atoms with Crippen LogP contribution in [0.1, 0.15) is 28.9 Å². The van der Waals surface area contributed by atoms with E-state index in [2.05, 4.69) is 4.98 Å². The summed E-state index contributed by atoms with van der Waals surface area (Å²) < 4.78 is 19.0. The van der Waals surface area contributed by atoms with Gasteiger partial charge in [0.05, 0.1) is 0 Å². The topological polar surface area (TPSA) is 85.5 Å². The van der Waals surface area contributed by atoms with Crippen molar-refractivity contribution in [2.75, 3.05) is 13.1 Å². The number of rotatable bonds is 5. The average Bonchev–Trinajstić information content (AvgIpc) is 2.64. The van der Waals surface area contributed by atoms with E-state index in [0.717, 1.165) is 5.56 Å². The Hall–Kier alpha value is -2.96. The molecule has 0 bridgehead atoms. The molecule has 1 fully saturated rings. The van der Waals surface area contributed by atoms with Crippen LogP contribution in [-0.2, 0) is 4.79 Å². The maximum Gasteiger partial charge on any atom is 0.272 e. The van der Waals surface area contributed by atoms with Crippen molar-refractivity contribution in [1.29, 1.82) is 0 Å². The van der Waals surface area contributed by atoms with Gasteiger partial charge in [-0.25, -0.2) is 4.39 Å². The number of carbonyl (C=O) groups is 2. The molecule has 6 nitrogen and oxygen atoms in total. The summed E-state index contributed by atoms with van der Waals surface area (Å²) in [5.41, 5.74) is 6.61. The van der Waals surface area contributed by atoms with E-state index in [0.29, 0.717) is 31.0 Å². The summed E-state index contributed by atoms with van der Waals surface area (Å²) in [6.45, 7) is 2.67. The molecule has 27 heavy (non-hydrogen) atoms. The van der Waals surface area contributed by atoms with Gasteiger partial charge >= 0.3 is 0 Å². The third kappa shape index (κ3) is 4.61. The Labute approximate surface area is 157 Å². The molecule has 0 unspecified atom stereocenters. The number of ether oxygens (including phenoxy) is 1. The third-order valence-electron chi connectivity index (χ3n) is 4.73. The second-order valence-electron chi connectivity index (χ2n) is 6.75. The summed E-state index contributed by atoms with van der Waals surface area (Å²) in [6.07, 6.45) is 1.96. The molecule has 7 heteroatoms. The molecule has 1 saturated heterocycles. The number of nitrogens with two attached hydrogens (primary N) is 1. The van der Waals surface area contributed by atoms with E-state index in [1.807, 2.05) is 13.0 Å². The smallest absolute Gasteiger partial charge is 0.272 e. The zero-order valence-corrected chi connectivity index (χ0v) is 15.1. The van der Waals surface area contributed by atoms with E-state index in [4.69, 9.17) is 10.5 Å². The highest BCUT2D eigenvalue weighted by Crippen LogP contribution is 2.27. The van der Waals surface area contributed by atoms with Crippen molar-refractivity contribution < 1.29 is 18.7 Å². The number of nitrogens with zero attached hydrogens (tertiary/aromatic N) is 2. The van der Waals surface area contributed by atoms with Crippen molar-refractivity contribution in [2.45, 2.75) is 25.9 Å². The summed E-state index contributed by atoms with van der Waals surface area (Å²) in [5.74, 6) is -0.675. The number of aromatic nitrogens is 1. The van der Waals surface area contributed by atoms with Gasteiger partial charge in [0.15, 0.2) is 0 Å². The molecule has 2 amide bonds. The quantitative estimate of drug-likeness (QED) is 0.874. The van der Waals surface area contributed by atoms with Crippen LogP contribution in [0, 0.1) is 18.7 Å². The van der Waals surface area contributed by atoms with Crippen molar-refractivity contribution >= 4 is 11.8 Å². The molecule has 3 rings (SSSR count). The fourth-order valence-corrected chi connectivity index (χ4v) is 3.35. The van der Waals surface area contributed by atoms with Crippen LogP contribution < -0.4 is 10.5 Å². The van der Waals surface area contributed by atoms with Crippen molar-refractivity contribution in [3.05, 3.63) is 59.7 Å². The molecular formula is C20H22FN3O3. The van der Waals surface area contributed by atoms with Gasteiger partial charge in [-0.1, -0.05) is 6.07 Å². The van der Waals surface area contributed by atoms with Gasteiger partial charge < -0.3 is 15.4 Å². The summed E-state index contributed by atoms with van der Waals surface area (Å²) >= 11 is 0. The molecule has 142 valence electrons. The first-order chi connectivity index (χ1) is 12.9. The van der Waals surface area contributed by atoms with Crippen molar-refractivity contribution in [2.24, 2.45) is 11.7 Å². The first kappa shape index (κ1) is 18.8. The molecule has 1 aromatic heterocycles. The molecule has 1 aliphatic rings. The van der Waals surface area contributed by atoms with Gasteiger partial charge in [-0.2, -0.15) is 0 Å². The van der Waals surface area contributed by atoms with E-state index in [9.17, 15) is 14.0 Å². The van der Waals surface area contributed by atoms with E-state index >= 15 is 0 Å². The van der Waals surface area contributed by atoms with Crippen molar-refractivity contribution in [3.8, 4) is 5.75 Å². The summed E-state index contributed by atoms with van der Waals surface area (Å²) in [6, 6.07) is 9.36. The maximum atomic E-state index is 13.1. The minimum atomic E-state index is -0.448. The predicted octanol–water partition coefficient (Wildman–Crippen LogP) is 2.31. The Morgan fingerprint density at radius 1 is 1.30 bits per heavy atom. The van der Waals surface area contributed by atoms with Crippen LogP contribution in [0.15, 0.2) is 42.6 Å². The molecule has 1 aromatic carbocycles. The minimum absolute atomic E-state index is 0.108. The Bertz CT molecular complexity index is 825. The largest absolute Gasteiger partial charge is 0.490 e. The molecule has 2 heterocycles. The van der Waals surface area contributed by atoms with E-state index in [1.54, 1.807) is 29.3 Å². The minimum Gasteiger partial charge on any atom is -0.490 e. The molecule has 2 N–H and O–H groups in total. The van der Waals surface area contributed by atoms with Gasteiger partial charge in [-0.3, -0.25) is 14.6 Å². The highest BCUT2D eigenvalue weighted by molar-refractivity contribution is 5.93. The number of hydrogen-bond acceptors (Lipinski definition) is 4. The lowest BCUT2D eigenvalue weighted by Gasteiger charge is -2.38. The lowest BCUT2D eigenvalue weighted by molar-refractivity contribution is -0.120. The number of pyridine rings is 1. The third-order valence-corrected chi connectivity index (χ3v) is 4.73. The lowest BCUT2D eigenvalue weighted by Crippen LogP contribution is -2.49. The molecule has 1 aliphatic heterocycles. The number of amides is 2. The fourth-order valence-electron chi connectivity index (χ4n) is 3.35. The average molecular weight is 371 g/mol. The van der Waals surface area contributed by atoms with E-state index in [1.165, 1.54) is 12.1 Å². The maximum absolute atomic E-state index is 13.1. The normalized spacial score (nSPS) is 19.6. The number of likely N-dealkylation sites (tertiary alicyclic amines) is 1. The highest BCUT2D eigenvalue weighted by atomic mass is 19.1. The number of hydrogen-bond donors (Lipinski definition) is 1. The van der Waals surface area contributed by atoms with E-state index in [-0.39, 0.29) is 30.2 Å². The first-order valence-electron chi connectivity index (χ1n) is 8.85. The zero-order chi connectivity index (χ0) is 19.4. The van der Waals surface area contributed by atoms with Gasteiger partial charge in [0.2, 0.25) is 5.91 Å². The molecule has 0 radical (unpaired) electrons. The van der Waals surface area contributed by atoms with Crippen LogP contribution in [0.25, 0.3) is 0 Å². The van der Waals surface area contributed by atoms with Crippen LogP contribution in [0.3, 0.4) is 0 Å². The second-order valence-corrected chi connectivity index (χ2v) is 6.75.